The molecule has 11 nitrogen and oxygen atoms in total. The molecule has 51 heavy (non-hydrogen) atoms. The normalized spacial score (nSPS) is 27.8. The molecule has 2 aliphatic heterocycles. The molecule has 2 N–H and O–H groups in total. The van der Waals surface area contributed by atoms with Crippen molar-refractivity contribution < 1.29 is 37.0 Å². The van der Waals surface area contributed by atoms with E-state index in [-0.39, 0.29) is 35.6 Å². The number of allylic oxidation sites excluding steroid dienone is 1. The topological polar surface area (TPSA) is 140 Å². The molecule has 1 aliphatic carbocycles. The van der Waals surface area contributed by atoms with Crippen molar-refractivity contribution in [1.29, 1.82) is 0 Å². The van der Waals surface area contributed by atoms with Gasteiger partial charge >= 0.3 is 5.97 Å². The number of aryl methyl sites for hydroxylation is 1. The fourth-order valence-corrected chi connectivity index (χ4v) is 8.92. The summed E-state index contributed by atoms with van der Waals surface area (Å²) in [5.74, 6) is -1.35. The first kappa shape index (κ1) is 38.6. The van der Waals surface area contributed by atoms with Gasteiger partial charge in [-0.05, 0) is 112 Å². The minimum absolute atomic E-state index is 0.0363. The first-order valence-electron chi connectivity index (χ1n) is 17.7. The summed E-state index contributed by atoms with van der Waals surface area (Å²) in [4.78, 5) is 41.3. The molecule has 2 heterocycles. The minimum Gasteiger partial charge on any atom is -0.487 e. The van der Waals surface area contributed by atoms with E-state index in [0.29, 0.717) is 42.6 Å². The summed E-state index contributed by atoms with van der Waals surface area (Å²) in [5, 5.41) is 2.52. The molecule has 2 amide bonds. The number of methoxy groups -OCH3 is 2. The van der Waals surface area contributed by atoms with Crippen LogP contribution in [-0.4, -0.2) is 70.4 Å². The van der Waals surface area contributed by atoms with E-state index in [1.165, 1.54) is 7.11 Å². The number of fused-ring (bicyclic) bond motifs is 3. The van der Waals surface area contributed by atoms with Gasteiger partial charge < -0.3 is 24.4 Å². The highest BCUT2D eigenvalue weighted by atomic mass is 35.5. The highest BCUT2D eigenvalue weighted by Crippen LogP contribution is 2.47. The van der Waals surface area contributed by atoms with Gasteiger partial charge in [0, 0.05) is 30.8 Å². The van der Waals surface area contributed by atoms with Crippen molar-refractivity contribution in [3.8, 4) is 5.75 Å². The largest absolute Gasteiger partial charge is 0.487 e. The number of amides is 2. The second-order valence-electron chi connectivity index (χ2n) is 14.2. The molecule has 2 bridgehead atoms. The standard InChI is InChI=1S/C38H50ClN3O8S/c1-24-9-8-17-38(49-5,21-35(43)40-25(2)37(45)48-4)32-15-12-29(32)22-42-18-7-6-10-27-19-31(39)14-11-30(27)23-50-34-16-13-28(20-33(34)42)36(44)41-51(46,47)26(24)3/h8,11,13-14,16-17,19-20,24-26,29,32H,6-7,9-10,12,15,18,21-23H2,1-5H3,(H,40,43)(H,41,44)/b17-8+/t24-,25+,26+,29-,32+,38+/m0/s1. The number of rotatable bonds is 5. The van der Waals surface area contributed by atoms with Crippen molar-refractivity contribution in [3.63, 3.8) is 0 Å². The van der Waals surface area contributed by atoms with E-state index in [1.807, 2.05) is 37.3 Å². The number of sulfonamides is 1. The summed E-state index contributed by atoms with van der Waals surface area (Å²) in [7, 11) is -1.19. The summed E-state index contributed by atoms with van der Waals surface area (Å²) >= 11 is 6.36. The van der Waals surface area contributed by atoms with Gasteiger partial charge in [0.25, 0.3) is 5.91 Å². The maximum Gasteiger partial charge on any atom is 0.328 e. The van der Waals surface area contributed by atoms with Gasteiger partial charge in [-0.1, -0.05) is 36.7 Å². The molecule has 1 saturated carbocycles. The molecule has 1 fully saturated rings. The molecule has 0 spiro atoms. The van der Waals surface area contributed by atoms with Crippen molar-refractivity contribution in [2.24, 2.45) is 17.8 Å². The fourth-order valence-electron chi connectivity index (χ4n) is 7.44. The number of hydrogen-bond donors (Lipinski definition) is 2. The fraction of sp³-hybridized carbons (Fsp3) is 0.553. The molecule has 278 valence electrons. The zero-order chi connectivity index (χ0) is 36.9. The number of benzene rings is 2. The lowest BCUT2D eigenvalue weighted by molar-refractivity contribution is -0.146. The van der Waals surface area contributed by atoms with Crippen LogP contribution in [0.3, 0.4) is 0 Å². The number of nitrogens with one attached hydrogen (secondary N) is 2. The highest BCUT2D eigenvalue weighted by molar-refractivity contribution is 7.90. The van der Waals surface area contributed by atoms with E-state index in [4.69, 9.17) is 25.8 Å². The Labute approximate surface area is 306 Å². The summed E-state index contributed by atoms with van der Waals surface area (Å²) < 4.78 is 46.8. The lowest BCUT2D eigenvalue weighted by Gasteiger charge is -2.49. The second-order valence-corrected chi connectivity index (χ2v) is 16.7. The maximum absolute atomic E-state index is 13.5. The van der Waals surface area contributed by atoms with Crippen LogP contribution in [0.15, 0.2) is 48.6 Å². The Morgan fingerprint density at radius 3 is 2.61 bits per heavy atom. The van der Waals surface area contributed by atoms with Crippen molar-refractivity contribution in [3.05, 3.63) is 70.3 Å². The number of anilines is 1. The number of esters is 1. The average molecular weight is 744 g/mol. The van der Waals surface area contributed by atoms with Gasteiger partial charge in [0.15, 0.2) is 0 Å². The molecule has 2 aromatic rings. The van der Waals surface area contributed by atoms with E-state index in [2.05, 4.69) is 14.9 Å². The predicted octanol–water partition coefficient (Wildman–Crippen LogP) is 5.59. The Kier molecular flexibility index (Phi) is 12.4. The molecular formula is C38H50ClN3O8S. The van der Waals surface area contributed by atoms with E-state index in [1.54, 1.807) is 39.2 Å². The molecule has 13 heteroatoms. The van der Waals surface area contributed by atoms with Crippen molar-refractivity contribution >= 4 is 45.1 Å². The molecule has 0 unspecified atom stereocenters. The van der Waals surface area contributed by atoms with E-state index >= 15 is 0 Å². The zero-order valence-corrected chi connectivity index (χ0v) is 31.6. The van der Waals surface area contributed by atoms with E-state index in [0.717, 1.165) is 43.2 Å². The Morgan fingerprint density at radius 1 is 1.12 bits per heavy atom. The van der Waals surface area contributed by atoms with Gasteiger partial charge in [0.05, 0.1) is 30.1 Å². The van der Waals surface area contributed by atoms with Gasteiger partial charge in [-0.25, -0.2) is 17.9 Å². The third-order valence-corrected chi connectivity index (χ3v) is 13.1. The SMILES string of the molecule is COC(=O)[C@@H](C)NC(=O)C[C@]1(OC)/C=C/C[C@H](C)[C@@H](C)S(=O)(=O)NC(=O)c2ccc3c(c2)N(CCCCc2cc(Cl)ccc2CO3)C[C@@H]2CC[C@H]21. The Hall–Kier alpha value is -3.61. The van der Waals surface area contributed by atoms with E-state index in [9.17, 15) is 22.8 Å². The predicted molar refractivity (Wildman–Crippen MR) is 196 cm³/mol. The number of carbonyl (C=O) groups excluding carboxylic acids is 3. The van der Waals surface area contributed by atoms with Crippen LogP contribution in [0.4, 0.5) is 5.69 Å². The molecule has 6 atom stereocenters. The van der Waals surface area contributed by atoms with Crippen LogP contribution in [0.25, 0.3) is 0 Å². The number of nitrogens with zero attached hydrogens (tertiary/aromatic N) is 1. The van der Waals surface area contributed by atoms with E-state index < -0.39 is 38.8 Å². The maximum atomic E-state index is 13.5. The summed E-state index contributed by atoms with van der Waals surface area (Å²) in [6, 6.07) is 10.0. The molecule has 0 aromatic heterocycles. The van der Waals surface area contributed by atoms with Gasteiger partial charge in [0.2, 0.25) is 15.9 Å². The monoisotopic (exact) mass is 743 g/mol. The number of halogens is 1. The first-order valence-corrected chi connectivity index (χ1v) is 19.6. The van der Waals surface area contributed by atoms with Gasteiger partial charge in [-0.2, -0.15) is 0 Å². The van der Waals surface area contributed by atoms with Gasteiger partial charge in [-0.3, -0.25) is 9.59 Å². The number of ether oxygens (including phenoxy) is 3. The first-order chi connectivity index (χ1) is 24.3. The minimum atomic E-state index is -4.05. The summed E-state index contributed by atoms with van der Waals surface area (Å²) in [5.41, 5.74) is 2.04. The van der Waals surface area contributed by atoms with Gasteiger partial charge in [0.1, 0.15) is 18.4 Å². The van der Waals surface area contributed by atoms with Crippen LogP contribution in [0.2, 0.25) is 5.02 Å². The van der Waals surface area contributed by atoms with Crippen LogP contribution in [0.1, 0.15) is 80.8 Å². The Morgan fingerprint density at radius 2 is 1.90 bits per heavy atom. The zero-order valence-electron chi connectivity index (χ0n) is 30.1. The van der Waals surface area contributed by atoms with Crippen LogP contribution in [0.5, 0.6) is 5.75 Å². The van der Waals surface area contributed by atoms with Crippen molar-refractivity contribution in [1.82, 2.24) is 10.0 Å². The summed E-state index contributed by atoms with van der Waals surface area (Å²) in [6.45, 7) is 6.51. The van der Waals surface area contributed by atoms with Gasteiger partial charge in [-0.15, -0.1) is 0 Å². The smallest absolute Gasteiger partial charge is 0.328 e. The quantitative estimate of drug-likeness (QED) is 0.297. The lowest BCUT2D eigenvalue weighted by atomic mass is 9.63. The molecule has 0 radical (unpaired) electrons. The second kappa shape index (κ2) is 16.4. The molecule has 2 aromatic carbocycles. The molecule has 5 rings (SSSR count). The van der Waals surface area contributed by atoms with Crippen LogP contribution in [-0.2, 0) is 42.1 Å². The Bertz CT molecular complexity index is 1750. The van der Waals surface area contributed by atoms with Crippen LogP contribution in [0, 0.1) is 17.8 Å². The highest BCUT2D eigenvalue weighted by Gasteiger charge is 2.48. The Balaban J connectivity index is 1.56. The third kappa shape index (κ3) is 8.89. The lowest BCUT2D eigenvalue weighted by Crippen LogP contribution is -2.53. The molecule has 0 saturated heterocycles. The van der Waals surface area contributed by atoms with Crippen LogP contribution >= 0.6 is 11.6 Å². The average Bonchev–Trinajstić information content (AvgIpc) is 3.11. The third-order valence-electron chi connectivity index (χ3n) is 10.9. The number of carbonyl (C=O) groups is 3. The molecule has 3 aliphatic rings. The van der Waals surface area contributed by atoms with Crippen molar-refractivity contribution in [2.75, 3.05) is 32.2 Å². The molecular weight excluding hydrogens is 694 g/mol. The van der Waals surface area contributed by atoms with Crippen molar-refractivity contribution in [2.45, 2.75) is 89.2 Å². The summed E-state index contributed by atoms with van der Waals surface area (Å²) in [6.07, 6.45) is 8.37. The number of hydrogen-bond acceptors (Lipinski definition) is 9. The van der Waals surface area contributed by atoms with Crippen LogP contribution < -0.4 is 19.7 Å².